The fraction of sp³-hybridized carbons (Fsp3) is 0.321. The van der Waals surface area contributed by atoms with Gasteiger partial charge in [-0.15, -0.1) is 0 Å². The molecule has 1 atom stereocenters. The number of piperazine rings is 1. The SMILES string of the molecule is CCOC(=O)C(Cc1ccccc1)NC(=O)N1CCN(c2c(-c3ccc(OC)cc3)cnc3ncnn23)CC1. The fourth-order valence-electron chi connectivity index (χ4n) is 4.69. The van der Waals surface area contributed by atoms with Crippen LogP contribution in [0.4, 0.5) is 10.6 Å². The molecule has 11 nitrogen and oxygen atoms in total. The summed E-state index contributed by atoms with van der Waals surface area (Å²) in [7, 11) is 1.63. The van der Waals surface area contributed by atoms with Crippen molar-refractivity contribution in [3.05, 3.63) is 72.7 Å². The number of carbonyl (C=O) groups is 2. The lowest BCUT2D eigenvalue weighted by Crippen LogP contribution is -2.55. The van der Waals surface area contributed by atoms with Gasteiger partial charge in [0.1, 0.15) is 23.9 Å². The number of nitrogens with zero attached hydrogens (tertiary/aromatic N) is 6. The number of nitrogens with one attached hydrogen (secondary N) is 1. The Morgan fingerprint density at radius 3 is 2.44 bits per heavy atom. The van der Waals surface area contributed by atoms with Crippen molar-refractivity contribution in [3.63, 3.8) is 0 Å². The molecule has 0 saturated carbocycles. The summed E-state index contributed by atoms with van der Waals surface area (Å²) >= 11 is 0. The third kappa shape index (κ3) is 5.77. The topological polar surface area (TPSA) is 114 Å². The van der Waals surface area contributed by atoms with Gasteiger partial charge in [0.05, 0.1) is 13.7 Å². The maximum atomic E-state index is 13.2. The predicted octanol–water partition coefficient (Wildman–Crippen LogP) is 2.81. The van der Waals surface area contributed by atoms with Gasteiger partial charge in [0, 0.05) is 44.4 Å². The third-order valence-electron chi connectivity index (χ3n) is 6.70. The Labute approximate surface area is 226 Å². The first kappa shape index (κ1) is 26.0. The van der Waals surface area contributed by atoms with E-state index >= 15 is 0 Å². The molecule has 1 N–H and O–H groups in total. The van der Waals surface area contributed by atoms with Crippen LogP contribution in [-0.2, 0) is 16.0 Å². The van der Waals surface area contributed by atoms with Crippen LogP contribution in [0.3, 0.4) is 0 Å². The van der Waals surface area contributed by atoms with Crippen molar-refractivity contribution >= 4 is 23.6 Å². The Morgan fingerprint density at radius 2 is 1.74 bits per heavy atom. The van der Waals surface area contributed by atoms with E-state index in [0.717, 1.165) is 28.3 Å². The number of aromatic nitrogens is 4. The average molecular weight is 530 g/mol. The molecule has 1 aliphatic heterocycles. The van der Waals surface area contributed by atoms with E-state index in [1.54, 1.807) is 29.6 Å². The van der Waals surface area contributed by atoms with Gasteiger partial charge in [-0.1, -0.05) is 42.5 Å². The molecule has 5 rings (SSSR count). The third-order valence-corrected chi connectivity index (χ3v) is 6.70. The highest BCUT2D eigenvalue weighted by Gasteiger charge is 2.29. The smallest absolute Gasteiger partial charge is 0.329 e. The standard InChI is InChI=1S/C28H31N7O4/c1-3-39-26(36)24(17-20-7-5-4-6-8-20)32-28(37)34-15-13-33(14-16-34)25-23(18-29-27-30-19-31-35(25)27)21-9-11-22(38-2)12-10-21/h4-12,18-19,24H,3,13-17H2,1-2H3,(H,32,37). The monoisotopic (exact) mass is 529 g/mol. The van der Waals surface area contributed by atoms with E-state index in [0.29, 0.717) is 38.4 Å². The largest absolute Gasteiger partial charge is 0.497 e. The van der Waals surface area contributed by atoms with Gasteiger partial charge in [0.2, 0.25) is 0 Å². The van der Waals surface area contributed by atoms with Crippen LogP contribution < -0.4 is 15.0 Å². The minimum atomic E-state index is -0.769. The van der Waals surface area contributed by atoms with Crippen molar-refractivity contribution in [3.8, 4) is 16.9 Å². The summed E-state index contributed by atoms with van der Waals surface area (Å²) in [6, 6.07) is 16.3. The molecule has 3 heterocycles. The molecule has 2 amide bonds. The number of urea groups is 1. The van der Waals surface area contributed by atoms with Crippen LogP contribution >= 0.6 is 0 Å². The highest BCUT2D eigenvalue weighted by Crippen LogP contribution is 2.32. The molecule has 0 bridgehead atoms. The molecule has 1 unspecified atom stereocenters. The zero-order valence-corrected chi connectivity index (χ0v) is 22.0. The molecule has 1 saturated heterocycles. The normalized spacial score (nSPS) is 14.2. The van der Waals surface area contributed by atoms with E-state index in [1.807, 2.05) is 54.6 Å². The molecule has 11 heteroatoms. The number of ether oxygens (including phenoxy) is 2. The molecule has 2 aromatic heterocycles. The van der Waals surface area contributed by atoms with Crippen LogP contribution in [0.15, 0.2) is 67.1 Å². The van der Waals surface area contributed by atoms with Gasteiger partial charge in [0.15, 0.2) is 0 Å². The van der Waals surface area contributed by atoms with Gasteiger partial charge < -0.3 is 24.6 Å². The summed E-state index contributed by atoms with van der Waals surface area (Å²) in [4.78, 5) is 38.5. The number of carbonyl (C=O) groups excluding carboxylic acids is 2. The molecule has 0 spiro atoms. The van der Waals surface area contributed by atoms with Crippen molar-refractivity contribution in [2.24, 2.45) is 0 Å². The first-order chi connectivity index (χ1) is 19.1. The van der Waals surface area contributed by atoms with Crippen molar-refractivity contribution in [1.29, 1.82) is 0 Å². The van der Waals surface area contributed by atoms with Crippen LogP contribution in [0, 0.1) is 0 Å². The van der Waals surface area contributed by atoms with E-state index in [1.165, 1.54) is 6.33 Å². The van der Waals surface area contributed by atoms with Crippen molar-refractivity contribution in [2.75, 3.05) is 44.8 Å². The summed E-state index contributed by atoms with van der Waals surface area (Å²) in [6.07, 6.45) is 3.64. The Bertz CT molecular complexity index is 1420. The Morgan fingerprint density at radius 1 is 1.00 bits per heavy atom. The van der Waals surface area contributed by atoms with Gasteiger partial charge in [-0.2, -0.15) is 14.6 Å². The van der Waals surface area contributed by atoms with Gasteiger partial charge in [-0.25, -0.2) is 14.6 Å². The lowest BCUT2D eigenvalue weighted by Gasteiger charge is -2.37. The van der Waals surface area contributed by atoms with E-state index < -0.39 is 12.0 Å². The first-order valence-corrected chi connectivity index (χ1v) is 12.9. The van der Waals surface area contributed by atoms with Gasteiger partial charge in [-0.3, -0.25) is 0 Å². The average Bonchev–Trinajstić information content (AvgIpc) is 3.46. The molecular formula is C28H31N7O4. The van der Waals surface area contributed by atoms with Crippen LogP contribution in [-0.4, -0.2) is 82.4 Å². The summed E-state index contributed by atoms with van der Waals surface area (Å²) in [6.45, 7) is 4.07. The summed E-state index contributed by atoms with van der Waals surface area (Å²) in [5.74, 6) is 1.68. The van der Waals surface area contributed by atoms with E-state index in [2.05, 4.69) is 25.3 Å². The minimum absolute atomic E-state index is 0.248. The Balaban J connectivity index is 1.31. The van der Waals surface area contributed by atoms with Crippen molar-refractivity contribution in [1.82, 2.24) is 29.8 Å². The molecule has 4 aromatic rings. The van der Waals surface area contributed by atoms with Crippen LogP contribution in [0.25, 0.3) is 16.9 Å². The molecule has 0 aliphatic carbocycles. The quantitative estimate of drug-likeness (QED) is 0.347. The molecule has 0 radical (unpaired) electrons. The maximum absolute atomic E-state index is 13.2. The summed E-state index contributed by atoms with van der Waals surface area (Å²) in [5, 5.41) is 7.31. The van der Waals surface area contributed by atoms with Crippen LogP contribution in [0.2, 0.25) is 0 Å². The molecular weight excluding hydrogens is 498 g/mol. The second kappa shape index (κ2) is 11.8. The number of anilines is 1. The van der Waals surface area contributed by atoms with Crippen LogP contribution in [0.1, 0.15) is 12.5 Å². The zero-order chi connectivity index (χ0) is 27.2. The molecule has 1 fully saturated rings. The molecule has 1 aliphatic rings. The molecule has 39 heavy (non-hydrogen) atoms. The van der Waals surface area contributed by atoms with E-state index in [9.17, 15) is 9.59 Å². The number of esters is 1. The van der Waals surface area contributed by atoms with Gasteiger partial charge >= 0.3 is 12.0 Å². The van der Waals surface area contributed by atoms with Crippen LogP contribution in [0.5, 0.6) is 5.75 Å². The molecule has 202 valence electrons. The lowest BCUT2D eigenvalue weighted by molar-refractivity contribution is -0.145. The number of hydrogen-bond acceptors (Lipinski definition) is 8. The highest BCUT2D eigenvalue weighted by atomic mass is 16.5. The Kier molecular flexibility index (Phi) is 7.86. The second-order valence-electron chi connectivity index (χ2n) is 9.11. The molecule has 2 aromatic carbocycles. The maximum Gasteiger partial charge on any atom is 0.329 e. The Hall–Kier alpha value is -4.67. The minimum Gasteiger partial charge on any atom is -0.497 e. The van der Waals surface area contributed by atoms with Crippen molar-refractivity contribution in [2.45, 2.75) is 19.4 Å². The van der Waals surface area contributed by atoms with E-state index in [4.69, 9.17) is 9.47 Å². The first-order valence-electron chi connectivity index (χ1n) is 12.9. The summed E-state index contributed by atoms with van der Waals surface area (Å²) < 4.78 is 12.3. The van der Waals surface area contributed by atoms with Crippen molar-refractivity contribution < 1.29 is 19.1 Å². The predicted molar refractivity (Wildman–Crippen MR) is 146 cm³/mol. The number of amides is 2. The number of hydrogen-bond donors (Lipinski definition) is 1. The second-order valence-corrected chi connectivity index (χ2v) is 9.11. The lowest BCUT2D eigenvalue weighted by atomic mass is 10.1. The fourth-order valence-corrected chi connectivity index (χ4v) is 4.69. The number of benzene rings is 2. The number of methoxy groups -OCH3 is 1. The van der Waals surface area contributed by atoms with Gasteiger partial charge in [-0.05, 0) is 30.2 Å². The summed E-state index contributed by atoms with van der Waals surface area (Å²) in [5.41, 5.74) is 2.81. The van der Waals surface area contributed by atoms with E-state index in [-0.39, 0.29) is 12.6 Å². The highest BCUT2D eigenvalue weighted by molar-refractivity contribution is 5.84. The van der Waals surface area contributed by atoms with Gasteiger partial charge in [0.25, 0.3) is 5.78 Å². The number of rotatable bonds is 8. The zero-order valence-electron chi connectivity index (χ0n) is 22.0. The number of fused-ring (bicyclic) bond motifs is 1.